The smallest absolute Gasteiger partial charge is 0.126 e. The van der Waals surface area contributed by atoms with Crippen molar-refractivity contribution >= 4 is 6.08 Å². The Labute approximate surface area is 63.9 Å². The number of hydrogen-bond acceptors (Lipinski definition) is 3. The maximum Gasteiger partial charge on any atom is 0.126 e. The Balaban J connectivity index is 3.09. The lowest BCUT2D eigenvalue weighted by Gasteiger charge is -1.97. The van der Waals surface area contributed by atoms with Crippen LogP contribution >= 0.6 is 0 Å². The maximum atomic E-state index is 9.10. The maximum absolute atomic E-state index is 9.10. The molecule has 0 saturated heterocycles. The van der Waals surface area contributed by atoms with E-state index in [1.807, 2.05) is 0 Å². The number of phenols is 2. The van der Waals surface area contributed by atoms with Gasteiger partial charge in [0.05, 0.1) is 6.26 Å². The summed E-state index contributed by atoms with van der Waals surface area (Å²) in [7, 11) is 0. The highest BCUT2D eigenvalue weighted by Gasteiger charge is 1.96. The highest BCUT2D eigenvalue weighted by atomic mass is 16.3. The second-order valence-electron chi connectivity index (χ2n) is 2.06. The van der Waals surface area contributed by atoms with E-state index in [0.717, 1.165) is 6.26 Å². The molecular weight excluding hydrogens is 144 g/mol. The molecule has 0 fully saturated rings. The first-order valence-electron chi connectivity index (χ1n) is 3.07. The third-order valence-electron chi connectivity index (χ3n) is 1.27. The van der Waals surface area contributed by atoms with Crippen LogP contribution in [-0.2, 0) is 0 Å². The summed E-state index contributed by atoms with van der Waals surface area (Å²) >= 11 is 0. The number of aliphatic hydroxyl groups is 1. The normalized spacial score (nSPS) is 10.5. The molecule has 0 heterocycles. The zero-order valence-corrected chi connectivity index (χ0v) is 5.73. The van der Waals surface area contributed by atoms with E-state index in [0.29, 0.717) is 5.56 Å². The van der Waals surface area contributed by atoms with Crippen LogP contribution in [0.1, 0.15) is 5.56 Å². The van der Waals surface area contributed by atoms with Crippen LogP contribution in [0.15, 0.2) is 24.5 Å². The van der Waals surface area contributed by atoms with Crippen LogP contribution in [0.2, 0.25) is 0 Å². The van der Waals surface area contributed by atoms with Gasteiger partial charge in [-0.15, -0.1) is 0 Å². The summed E-state index contributed by atoms with van der Waals surface area (Å²) in [5, 5.41) is 26.3. The number of phenolic OH excluding ortho intramolecular Hbond substituents is 2. The van der Waals surface area contributed by atoms with Crippen LogP contribution in [-0.4, -0.2) is 15.3 Å². The molecule has 0 aromatic heterocycles. The number of aromatic hydroxyl groups is 2. The molecule has 1 aromatic rings. The van der Waals surface area contributed by atoms with Crippen LogP contribution in [0.4, 0.5) is 0 Å². The van der Waals surface area contributed by atoms with Gasteiger partial charge in [-0.1, -0.05) is 0 Å². The van der Waals surface area contributed by atoms with Crippen molar-refractivity contribution < 1.29 is 15.3 Å². The fourth-order valence-corrected chi connectivity index (χ4v) is 0.753. The molecule has 0 aliphatic heterocycles. The Kier molecular flexibility index (Phi) is 2.01. The summed E-state index contributed by atoms with van der Waals surface area (Å²) in [5.41, 5.74) is 0.463. The SMILES string of the molecule is O/C=C\c1ccc(O)cc1O. The number of hydrogen-bond donors (Lipinski definition) is 3. The third-order valence-corrected chi connectivity index (χ3v) is 1.27. The lowest BCUT2D eigenvalue weighted by Crippen LogP contribution is -1.73. The van der Waals surface area contributed by atoms with Gasteiger partial charge in [0.25, 0.3) is 0 Å². The number of benzene rings is 1. The summed E-state index contributed by atoms with van der Waals surface area (Å²) in [5.74, 6) is -0.0621. The monoisotopic (exact) mass is 152 g/mol. The summed E-state index contributed by atoms with van der Waals surface area (Å²) in [6, 6.07) is 4.13. The standard InChI is InChI=1S/C8H8O3/c9-4-3-6-1-2-7(10)5-8(6)11/h1-5,9-11H/b4-3-. The van der Waals surface area contributed by atoms with E-state index in [1.165, 1.54) is 24.3 Å². The highest BCUT2D eigenvalue weighted by molar-refractivity contribution is 5.57. The number of aliphatic hydroxyl groups excluding tert-OH is 1. The molecular formula is C8H8O3. The van der Waals surface area contributed by atoms with Gasteiger partial charge in [-0.05, 0) is 18.2 Å². The van der Waals surface area contributed by atoms with Gasteiger partial charge in [0.1, 0.15) is 11.5 Å². The molecule has 0 unspecified atom stereocenters. The van der Waals surface area contributed by atoms with Crippen LogP contribution < -0.4 is 0 Å². The van der Waals surface area contributed by atoms with Crippen LogP contribution in [0.25, 0.3) is 6.08 Å². The van der Waals surface area contributed by atoms with Crippen LogP contribution in [0.3, 0.4) is 0 Å². The zero-order chi connectivity index (χ0) is 8.27. The first kappa shape index (κ1) is 7.47. The number of rotatable bonds is 1. The van der Waals surface area contributed by atoms with Crippen molar-refractivity contribution in [3.63, 3.8) is 0 Å². The van der Waals surface area contributed by atoms with Gasteiger partial charge in [-0.2, -0.15) is 0 Å². The minimum Gasteiger partial charge on any atom is -0.516 e. The highest BCUT2D eigenvalue weighted by Crippen LogP contribution is 2.23. The fraction of sp³-hybridized carbons (Fsp3) is 0. The van der Waals surface area contributed by atoms with Gasteiger partial charge in [0, 0.05) is 11.6 Å². The van der Waals surface area contributed by atoms with Crippen LogP contribution in [0, 0.1) is 0 Å². The molecule has 0 aliphatic rings. The Morgan fingerprint density at radius 2 is 1.91 bits per heavy atom. The molecule has 0 aliphatic carbocycles. The topological polar surface area (TPSA) is 60.7 Å². The van der Waals surface area contributed by atoms with E-state index in [9.17, 15) is 0 Å². The fourth-order valence-electron chi connectivity index (χ4n) is 0.753. The van der Waals surface area contributed by atoms with Gasteiger partial charge >= 0.3 is 0 Å². The Morgan fingerprint density at radius 1 is 1.18 bits per heavy atom. The van der Waals surface area contributed by atoms with Crippen molar-refractivity contribution in [2.24, 2.45) is 0 Å². The molecule has 3 nitrogen and oxygen atoms in total. The van der Waals surface area contributed by atoms with Crippen LogP contribution in [0.5, 0.6) is 11.5 Å². The molecule has 0 amide bonds. The van der Waals surface area contributed by atoms with Gasteiger partial charge in [0.15, 0.2) is 0 Å². The van der Waals surface area contributed by atoms with Crippen molar-refractivity contribution in [3.05, 3.63) is 30.0 Å². The van der Waals surface area contributed by atoms with Gasteiger partial charge in [-0.3, -0.25) is 0 Å². The molecule has 11 heavy (non-hydrogen) atoms. The van der Waals surface area contributed by atoms with E-state index in [-0.39, 0.29) is 11.5 Å². The molecule has 1 rings (SSSR count). The molecule has 0 spiro atoms. The molecule has 3 N–H and O–H groups in total. The summed E-state index contributed by atoms with van der Waals surface area (Å²) < 4.78 is 0. The van der Waals surface area contributed by atoms with Gasteiger partial charge in [-0.25, -0.2) is 0 Å². The lowest BCUT2D eigenvalue weighted by molar-refractivity contribution is 0.448. The van der Waals surface area contributed by atoms with Crippen molar-refractivity contribution in [3.8, 4) is 11.5 Å². The largest absolute Gasteiger partial charge is 0.516 e. The molecule has 0 atom stereocenters. The van der Waals surface area contributed by atoms with E-state index in [1.54, 1.807) is 0 Å². The molecule has 0 radical (unpaired) electrons. The van der Waals surface area contributed by atoms with Crippen molar-refractivity contribution in [2.75, 3.05) is 0 Å². The van der Waals surface area contributed by atoms with E-state index >= 15 is 0 Å². The van der Waals surface area contributed by atoms with Gasteiger partial charge < -0.3 is 15.3 Å². The average Bonchev–Trinajstić information content (AvgIpc) is 1.95. The van der Waals surface area contributed by atoms with Crippen molar-refractivity contribution in [1.29, 1.82) is 0 Å². The van der Waals surface area contributed by atoms with E-state index < -0.39 is 0 Å². The average molecular weight is 152 g/mol. The molecule has 58 valence electrons. The minimum atomic E-state index is -0.0599. The first-order chi connectivity index (χ1) is 5.24. The van der Waals surface area contributed by atoms with Crippen molar-refractivity contribution in [1.82, 2.24) is 0 Å². The quantitative estimate of drug-likeness (QED) is 0.536. The Bertz CT molecular complexity index is 279. The van der Waals surface area contributed by atoms with E-state index in [4.69, 9.17) is 15.3 Å². The predicted octanol–water partition coefficient (Wildman–Crippen LogP) is 1.63. The first-order valence-corrected chi connectivity index (χ1v) is 3.07. The second-order valence-corrected chi connectivity index (χ2v) is 2.06. The molecule has 0 saturated carbocycles. The summed E-state index contributed by atoms with van der Waals surface area (Å²) in [6.07, 6.45) is 2.15. The molecule has 1 aromatic carbocycles. The Hall–Kier alpha value is -1.64. The Morgan fingerprint density at radius 3 is 2.45 bits per heavy atom. The predicted molar refractivity (Wildman–Crippen MR) is 41.4 cm³/mol. The third kappa shape index (κ3) is 1.64. The zero-order valence-electron chi connectivity index (χ0n) is 5.73. The molecule has 0 bridgehead atoms. The minimum absolute atomic E-state index is 0.00223. The summed E-state index contributed by atoms with van der Waals surface area (Å²) in [4.78, 5) is 0. The molecule has 3 heteroatoms. The van der Waals surface area contributed by atoms with E-state index in [2.05, 4.69) is 0 Å². The lowest BCUT2D eigenvalue weighted by atomic mass is 10.2. The summed E-state index contributed by atoms with van der Waals surface area (Å²) in [6.45, 7) is 0. The van der Waals surface area contributed by atoms with Crippen molar-refractivity contribution in [2.45, 2.75) is 0 Å². The van der Waals surface area contributed by atoms with Gasteiger partial charge in [0.2, 0.25) is 0 Å². The second kappa shape index (κ2) is 2.96.